The predicted octanol–water partition coefficient (Wildman–Crippen LogP) is 2.43. The van der Waals surface area contributed by atoms with Gasteiger partial charge in [0.1, 0.15) is 0 Å². The number of thioether (sulfide) groups is 1. The Morgan fingerprint density at radius 1 is 1.30 bits per heavy atom. The average Bonchev–Trinajstić information content (AvgIpc) is 2.47. The lowest BCUT2D eigenvalue weighted by atomic mass is 10.2. The minimum absolute atomic E-state index is 0.323. The van der Waals surface area contributed by atoms with Gasteiger partial charge in [0, 0.05) is 17.7 Å². The molecule has 0 bridgehead atoms. The second-order valence-electron chi connectivity index (χ2n) is 4.49. The minimum Gasteiger partial charge on any atom is -0.290 e. The van der Waals surface area contributed by atoms with Gasteiger partial charge in [-0.2, -0.15) is 11.8 Å². The number of carbonyl (C=O) groups excluding carboxylic acids is 1. The number of aryl methyl sites for hydroxylation is 1. The van der Waals surface area contributed by atoms with Gasteiger partial charge in [-0.15, -0.1) is 0 Å². The molecule has 1 heterocycles. The van der Waals surface area contributed by atoms with E-state index >= 15 is 0 Å². The van der Waals surface area contributed by atoms with Crippen molar-refractivity contribution in [2.75, 3.05) is 0 Å². The van der Waals surface area contributed by atoms with Crippen molar-refractivity contribution in [3.05, 3.63) is 65.0 Å². The van der Waals surface area contributed by atoms with Crippen molar-refractivity contribution in [3.8, 4) is 0 Å². The molecule has 1 aromatic carbocycles. The summed E-state index contributed by atoms with van der Waals surface area (Å²) in [7, 11) is 0. The van der Waals surface area contributed by atoms with Gasteiger partial charge in [0.05, 0.1) is 11.3 Å². The summed E-state index contributed by atoms with van der Waals surface area (Å²) in [5.41, 5.74) is 6.10. The van der Waals surface area contributed by atoms with Crippen molar-refractivity contribution in [3.63, 3.8) is 0 Å². The van der Waals surface area contributed by atoms with Gasteiger partial charge in [-0.25, -0.2) is 5.84 Å². The highest BCUT2D eigenvalue weighted by molar-refractivity contribution is 7.97. The van der Waals surface area contributed by atoms with Gasteiger partial charge in [-0.1, -0.05) is 29.8 Å². The number of pyridine rings is 1. The molecule has 3 N–H and O–H groups in total. The number of benzene rings is 1. The molecule has 4 nitrogen and oxygen atoms in total. The first kappa shape index (κ1) is 14.6. The molecule has 0 fully saturated rings. The van der Waals surface area contributed by atoms with E-state index in [-0.39, 0.29) is 5.91 Å². The maximum Gasteiger partial charge on any atom is 0.266 e. The van der Waals surface area contributed by atoms with E-state index in [1.54, 1.807) is 24.0 Å². The highest BCUT2D eigenvalue weighted by atomic mass is 32.2. The fourth-order valence-electron chi connectivity index (χ4n) is 1.80. The Balaban J connectivity index is 1.86. The third-order valence-corrected chi connectivity index (χ3v) is 3.86. The Labute approximate surface area is 122 Å². The van der Waals surface area contributed by atoms with Gasteiger partial charge in [-0.3, -0.25) is 15.2 Å². The molecule has 5 heteroatoms. The molecular formula is C15H17N3OS. The van der Waals surface area contributed by atoms with Crippen molar-refractivity contribution in [1.82, 2.24) is 10.4 Å². The fraction of sp³-hybridized carbons (Fsp3) is 0.200. The molecule has 2 rings (SSSR count). The zero-order valence-corrected chi connectivity index (χ0v) is 12.1. The highest BCUT2D eigenvalue weighted by Gasteiger charge is 2.04. The zero-order chi connectivity index (χ0) is 14.4. The molecule has 1 aromatic heterocycles. The lowest BCUT2D eigenvalue weighted by molar-refractivity contribution is 0.0953. The van der Waals surface area contributed by atoms with Gasteiger partial charge in [0.15, 0.2) is 0 Å². The van der Waals surface area contributed by atoms with E-state index in [0.29, 0.717) is 5.56 Å². The quantitative estimate of drug-likeness (QED) is 0.503. The first-order valence-corrected chi connectivity index (χ1v) is 7.43. The summed E-state index contributed by atoms with van der Waals surface area (Å²) < 4.78 is 0. The monoisotopic (exact) mass is 287 g/mol. The van der Waals surface area contributed by atoms with E-state index in [9.17, 15) is 4.79 Å². The smallest absolute Gasteiger partial charge is 0.266 e. The number of aromatic nitrogens is 1. The van der Waals surface area contributed by atoms with Crippen LogP contribution in [-0.4, -0.2) is 10.9 Å². The van der Waals surface area contributed by atoms with E-state index in [1.807, 2.05) is 6.07 Å². The number of nitrogens with two attached hydrogens (primary N) is 1. The summed E-state index contributed by atoms with van der Waals surface area (Å²) in [5.74, 6) is 6.52. The number of amides is 1. The summed E-state index contributed by atoms with van der Waals surface area (Å²) in [6.45, 7) is 2.09. The van der Waals surface area contributed by atoms with Crippen molar-refractivity contribution in [2.24, 2.45) is 5.84 Å². The second kappa shape index (κ2) is 7.07. The fourth-order valence-corrected chi connectivity index (χ4v) is 2.70. The molecular weight excluding hydrogens is 270 g/mol. The third kappa shape index (κ3) is 4.08. The first-order chi connectivity index (χ1) is 9.69. The average molecular weight is 287 g/mol. The molecule has 0 atom stereocenters. The zero-order valence-electron chi connectivity index (χ0n) is 11.3. The summed E-state index contributed by atoms with van der Waals surface area (Å²) in [5, 5.41) is 0. The van der Waals surface area contributed by atoms with E-state index in [0.717, 1.165) is 17.2 Å². The van der Waals surface area contributed by atoms with Crippen LogP contribution in [0.15, 0.2) is 42.6 Å². The Morgan fingerprint density at radius 2 is 2.15 bits per heavy atom. The van der Waals surface area contributed by atoms with Gasteiger partial charge in [0.2, 0.25) is 0 Å². The molecule has 104 valence electrons. The molecule has 0 radical (unpaired) electrons. The molecule has 2 aromatic rings. The number of carbonyl (C=O) groups is 1. The number of hydrogen-bond donors (Lipinski definition) is 2. The molecule has 0 spiro atoms. The minimum atomic E-state index is -0.323. The van der Waals surface area contributed by atoms with Gasteiger partial charge >= 0.3 is 0 Å². The summed E-state index contributed by atoms with van der Waals surface area (Å²) in [4.78, 5) is 15.5. The van der Waals surface area contributed by atoms with Gasteiger partial charge in [-0.05, 0) is 24.6 Å². The van der Waals surface area contributed by atoms with Crippen LogP contribution >= 0.6 is 11.8 Å². The van der Waals surface area contributed by atoms with Crippen LogP contribution in [0.3, 0.4) is 0 Å². The number of nitrogens with one attached hydrogen (secondary N) is 1. The molecule has 0 saturated carbocycles. The standard InChI is InChI=1S/C15H17N3OS/c1-11-3-2-4-12(7-11)9-20-10-14-6-5-13(8-17-14)15(19)18-16/h2-8H,9-10,16H2,1H3,(H,18,19). The number of rotatable bonds is 5. The van der Waals surface area contributed by atoms with E-state index < -0.39 is 0 Å². The third-order valence-electron chi connectivity index (χ3n) is 2.82. The molecule has 0 aliphatic carbocycles. The topological polar surface area (TPSA) is 68.0 Å². The van der Waals surface area contributed by atoms with Crippen LogP contribution in [0.4, 0.5) is 0 Å². The van der Waals surface area contributed by atoms with Crippen LogP contribution in [-0.2, 0) is 11.5 Å². The lowest BCUT2D eigenvalue weighted by Gasteiger charge is -2.04. The van der Waals surface area contributed by atoms with Crippen LogP contribution in [0.5, 0.6) is 0 Å². The van der Waals surface area contributed by atoms with Crippen molar-refractivity contribution >= 4 is 17.7 Å². The van der Waals surface area contributed by atoms with E-state index in [4.69, 9.17) is 5.84 Å². The number of hydrogen-bond acceptors (Lipinski definition) is 4. The maximum atomic E-state index is 11.3. The second-order valence-corrected chi connectivity index (χ2v) is 5.48. The molecule has 0 aliphatic rings. The number of nitrogens with zero attached hydrogens (tertiary/aromatic N) is 1. The molecule has 0 saturated heterocycles. The Morgan fingerprint density at radius 3 is 2.80 bits per heavy atom. The van der Waals surface area contributed by atoms with Crippen LogP contribution < -0.4 is 11.3 Å². The molecule has 1 amide bonds. The molecule has 0 aliphatic heterocycles. The van der Waals surface area contributed by atoms with E-state index in [1.165, 1.54) is 11.1 Å². The van der Waals surface area contributed by atoms with Crippen molar-refractivity contribution in [1.29, 1.82) is 0 Å². The summed E-state index contributed by atoms with van der Waals surface area (Å²) >= 11 is 1.80. The largest absolute Gasteiger partial charge is 0.290 e. The number of hydrazine groups is 1. The Hall–Kier alpha value is -1.85. The van der Waals surface area contributed by atoms with Gasteiger partial charge in [0.25, 0.3) is 5.91 Å². The first-order valence-electron chi connectivity index (χ1n) is 6.28. The Kier molecular flexibility index (Phi) is 5.15. The van der Waals surface area contributed by atoms with Gasteiger partial charge < -0.3 is 0 Å². The predicted molar refractivity (Wildman–Crippen MR) is 82.1 cm³/mol. The maximum absolute atomic E-state index is 11.3. The highest BCUT2D eigenvalue weighted by Crippen LogP contribution is 2.17. The van der Waals surface area contributed by atoms with E-state index in [2.05, 4.69) is 41.6 Å². The van der Waals surface area contributed by atoms with Crippen molar-refractivity contribution in [2.45, 2.75) is 18.4 Å². The molecule has 0 unspecified atom stereocenters. The van der Waals surface area contributed by atoms with Crippen LogP contribution in [0.25, 0.3) is 0 Å². The Bertz CT molecular complexity index is 584. The molecule has 20 heavy (non-hydrogen) atoms. The van der Waals surface area contributed by atoms with Crippen LogP contribution in [0.1, 0.15) is 27.2 Å². The van der Waals surface area contributed by atoms with Crippen molar-refractivity contribution < 1.29 is 4.79 Å². The normalized spacial score (nSPS) is 10.3. The summed E-state index contributed by atoms with van der Waals surface area (Å²) in [6.07, 6.45) is 1.55. The SMILES string of the molecule is Cc1cccc(CSCc2ccc(C(=O)NN)cn2)c1. The number of nitrogen functional groups attached to an aromatic ring is 1. The summed E-state index contributed by atoms with van der Waals surface area (Å²) in [6, 6.07) is 12.1. The lowest BCUT2D eigenvalue weighted by Crippen LogP contribution is -2.30. The van der Waals surface area contributed by atoms with Crippen LogP contribution in [0.2, 0.25) is 0 Å². The van der Waals surface area contributed by atoms with Crippen LogP contribution in [0, 0.1) is 6.92 Å².